The molecule has 0 saturated carbocycles. The van der Waals surface area contributed by atoms with Crippen LogP contribution in [0.4, 0.5) is 0 Å². The quantitative estimate of drug-likeness (QED) is 0.940. The summed E-state index contributed by atoms with van der Waals surface area (Å²) in [6.45, 7) is 1.29. The minimum Gasteiger partial charge on any atom is -0.480 e. The van der Waals surface area contributed by atoms with Gasteiger partial charge in [-0.1, -0.05) is 35.5 Å². The smallest absolute Gasteiger partial charge is 0.320 e. The highest BCUT2D eigenvalue weighted by molar-refractivity contribution is 5.85. The van der Waals surface area contributed by atoms with E-state index in [1.807, 2.05) is 41.3 Å². The lowest BCUT2D eigenvalue weighted by Crippen LogP contribution is -2.35. The summed E-state index contributed by atoms with van der Waals surface area (Å²) in [6.07, 6.45) is 1.62. The van der Waals surface area contributed by atoms with Crippen molar-refractivity contribution in [3.8, 4) is 11.3 Å². The van der Waals surface area contributed by atoms with E-state index in [-0.39, 0.29) is 12.4 Å². The van der Waals surface area contributed by atoms with Crippen LogP contribution in [0.3, 0.4) is 0 Å². The van der Waals surface area contributed by atoms with Crippen molar-refractivity contribution < 1.29 is 14.4 Å². The molecule has 1 aliphatic heterocycles. The van der Waals surface area contributed by atoms with Gasteiger partial charge in [0, 0.05) is 11.6 Å². The second kappa shape index (κ2) is 6.74. The van der Waals surface area contributed by atoms with Crippen molar-refractivity contribution >= 4 is 18.4 Å². The maximum Gasteiger partial charge on any atom is 0.320 e. The molecule has 1 N–H and O–H groups in total. The summed E-state index contributed by atoms with van der Waals surface area (Å²) >= 11 is 0. The highest BCUT2D eigenvalue weighted by Gasteiger charge is 2.31. The van der Waals surface area contributed by atoms with Gasteiger partial charge in [0.1, 0.15) is 11.7 Å². The molecule has 0 aliphatic carbocycles. The van der Waals surface area contributed by atoms with Gasteiger partial charge in [-0.2, -0.15) is 0 Å². The minimum atomic E-state index is -0.759. The van der Waals surface area contributed by atoms with E-state index in [1.165, 1.54) is 0 Å². The maximum atomic E-state index is 11.1. The summed E-state index contributed by atoms with van der Waals surface area (Å²) in [7, 11) is 0. The van der Waals surface area contributed by atoms with Crippen LogP contribution in [0.5, 0.6) is 0 Å². The van der Waals surface area contributed by atoms with Crippen molar-refractivity contribution in [1.82, 2.24) is 10.1 Å². The number of carbonyl (C=O) groups is 1. The number of nitrogens with zero attached hydrogens (tertiary/aromatic N) is 2. The molecule has 0 unspecified atom stereocenters. The molecule has 1 aromatic heterocycles. The lowest BCUT2D eigenvalue weighted by atomic mass is 10.1. The molecule has 1 atom stereocenters. The van der Waals surface area contributed by atoms with Crippen molar-refractivity contribution in [3.63, 3.8) is 0 Å². The van der Waals surface area contributed by atoms with E-state index in [9.17, 15) is 4.79 Å². The third-order valence-corrected chi connectivity index (χ3v) is 3.64. The predicted molar refractivity (Wildman–Crippen MR) is 80.3 cm³/mol. The van der Waals surface area contributed by atoms with Crippen LogP contribution in [-0.2, 0) is 11.3 Å². The van der Waals surface area contributed by atoms with E-state index in [1.54, 1.807) is 0 Å². The van der Waals surface area contributed by atoms with Gasteiger partial charge >= 0.3 is 5.97 Å². The fourth-order valence-corrected chi connectivity index (χ4v) is 2.63. The number of halogens is 1. The number of likely N-dealkylation sites (tertiary alicyclic amines) is 1. The normalized spacial score (nSPS) is 18.4. The van der Waals surface area contributed by atoms with Gasteiger partial charge in [0.15, 0.2) is 5.76 Å². The van der Waals surface area contributed by atoms with E-state index < -0.39 is 12.0 Å². The highest BCUT2D eigenvalue weighted by atomic mass is 35.5. The molecule has 0 spiro atoms. The molecule has 21 heavy (non-hydrogen) atoms. The second-order valence-corrected chi connectivity index (χ2v) is 5.01. The molecule has 3 rings (SSSR count). The van der Waals surface area contributed by atoms with Crippen LogP contribution < -0.4 is 0 Å². The number of carboxylic acids is 1. The molecule has 0 amide bonds. The van der Waals surface area contributed by atoms with Crippen LogP contribution >= 0.6 is 12.4 Å². The van der Waals surface area contributed by atoms with Crippen molar-refractivity contribution in [2.24, 2.45) is 0 Å². The Kier molecular flexibility index (Phi) is 4.98. The summed E-state index contributed by atoms with van der Waals surface area (Å²) in [5.41, 5.74) is 1.78. The lowest BCUT2D eigenvalue weighted by molar-refractivity contribution is -0.142. The fourth-order valence-electron chi connectivity index (χ4n) is 2.63. The van der Waals surface area contributed by atoms with Crippen molar-refractivity contribution in [2.75, 3.05) is 6.54 Å². The summed E-state index contributed by atoms with van der Waals surface area (Å²) < 4.78 is 5.32. The molecule has 1 fully saturated rings. The second-order valence-electron chi connectivity index (χ2n) is 5.01. The Bertz CT molecular complexity index is 600. The third-order valence-electron chi connectivity index (χ3n) is 3.64. The van der Waals surface area contributed by atoms with Gasteiger partial charge in [-0.05, 0) is 19.4 Å². The van der Waals surface area contributed by atoms with E-state index >= 15 is 0 Å². The van der Waals surface area contributed by atoms with Crippen LogP contribution in [0.2, 0.25) is 0 Å². The molecule has 6 heteroatoms. The summed E-state index contributed by atoms with van der Waals surface area (Å²) in [6, 6.07) is 11.3. The molecule has 0 radical (unpaired) electrons. The number of benzene rings is 1. The van der Waals surface area contributed by atoms with Gasteiger partial charge in [-0.3, -0.25) is 9.69 Å². The summed E-state index contributed by atoms with van der Waals surface area (Å²) in [4.78, 5) is 13.1. The number of hydrogen-bond acceptors (Lipinski definition) is 4. The van der Waals surface area contributed by atoms with E-state index in [0.717, 1.165) is 24.2 Å². The largest absolute Gasteiger partial charge is 0.480 e. The van der Waals surface area contributed by atoms with Crippen LogP contribution in [0, 0.1) is 0 Å². The molecule has 1 saturated heterocycles. The Hall–Kier alpha value is -1.85. The van der Waals surface area contributed by atoms with Crippen LogP contribution in [0.15, 0.2) is 40.9 Å². The zero-order chi connectivity index (χ0) is 13.9. The van der Waals surface area contributed by atoms with Crippen LogP contribution in [0.1, 0.15) is 18.6 Å². The van der Waals surface area contributed by atoms with Gasteiger partial charge in [-0.15, -0.1) is 12.4 Å². The maximum absolute atomic E-state index is 11.1. The Morgan fingerprint density at radius 1 is 1.38 bits per heavy atom. The molecular weight excluding hydrogens is 292 g/mol. The molecule has 112 valence electrons. The summed E-state index contributed by atoms with van der Waals surface area (Å²) in [5, 5.41) is 13.2. The fraction of sp³-hybridized carbons (Fsp3) is 0.333. The van der Waals surface area contributed by atoms with E-state index in [4.69, 9.17) is 9.63 Å². The number of aliphatic carboxylic acids is 1. The first kappa shape index (κ1) is 15.5. The Labute approximate surface area is 129 Å². The minimum absolute atomic E-state index is 0. The SMILES string of the molecule is Cl.O=C(O)[C@H]1CCCN1Cc1cc(-c2ccccc2)no1. The third kappa shape index (κ3) is 3.43. The first-order valence-electron chi connectivity index (χ1n) is 6.72. The molecule has 2 heterocycles. The number of hydrogen-bond donors (Lipinski definition) is 1. The van der Waals surface area contributed by atoms with Gasteiger partial charge in [0.25, 0.3) is 0 Å². The topological polar surface area (TPSA) is 66.6 Å². The zero-order valence-electron chi connectivity index (χ0n) is 11.4. The van der Waals surface area contributed by atoms with Crippen molar-refractivity contribution in [2.45, 2.75) is 25.4 Å². The Morgan fingerprint density at radius 2 is 2.14 bits per heavy atom. The first-order valence-corrected chi connectivity index (χ1v) is 6.72. The number of carboxylic acid groups (broad SMARTS) is 1. The van der Waals surface area contributed by atoms with Gasteiger partial charge in [-0.25, -0.2) is 0 Å². The van der Waals surface area contributed by atoms with Crippen molar-refractivity contribution in [3.05, 3.63) is 42.2 Å². The highest BCUT2D eigenvalue weighted by Crippen LogP contribution is 2.23. The lowest BCUT2D eigenvalue weighted by Gasteiger charge is -2.18. The average Bonchev–Trinajstić information content (AvgIpc) is 3.09. The molecule has 0 bridgehead atoms. The molecule has 1 aromatic carbocycles. The predicted octanol–water partition coefficient (Wildman–Crippen LogP) is 2.81. The molecular formula is C15H17ClN2O3. The van der Waals surface area contributed by atoms with Crippen LogP contribution in [-0.4, -0.2) is 33.7 Å². The van der Waals surface area contributed by atoms with Crippen LogP contribution in [0.25, 0.3) is 11.3 Å². The summed E-state index contributed by atoms with van der Waals surface area (Å²) in [5.74, 6) is -0.0534. The zero-order valence-corrected chi connectivity index (χ0v) is 12.3. The van der Waals surface area contributed by atoms with E-state index in [2.05, 4.69) is 5.16 Å². The monoisotopic (exact) mass is 308 g/mol. The van der Waals surface area contributed by atoms with Gasteiger partial charge in [0.2, 0.25) is 0 Å². The van der Waals surface area contributed by atoms with Crippen molar-refractivity contribution in [1.29, 1.82) is 0 Å². The van der Waals surface area contributed by atoms with Gasteiger partial charge < -0.3 is 9.63 Å². The number of rotatable bonds is 4. The van der Waals surface area contributed by atoms with E-state index in [0.29, 0.717) is 18.7 Å². The molecule has 5 nitrogen and oxygen atoms in total. The first-order chi connectivity index (χ1) is 9.74. The Morgan fingerprint density at radius 3 is 2.86 bits per heavy atom. The van der Waals surface area contributed by atoms with Gasteiger partial charge in [0.05, 0.1) is 6.54 Å². The molecule has 1 aliphatic rings. The standard InChI is InChI=1S/C15H16N2O3.ClH/c18-15(19)14-7-4-8-17(14)10-12-9-13(16-20-12)11-5-2-1-3-6-11;/h1-3,5-6,9,14H,4,7-8,10H2,(H,18,19);1H/t14-;/m1./s1. The molecule has 2 aromatic rings. The number of aromatic nitrogens is 1. The Balaban J connectivity index is 0.00000161. The average molecular weight is 309 g/mol.